The van der Waals surface area contributed by atoms with Crippen LogP contribution in [0.25, 0.3) is 6.08 Å². The number of nitrogens with zero attached hydrogens (tertiary/aromatic N) is 1. The maximum absolute atomic E-state index is 12.3. The van der Waals surface area contributed by atoms with E-state index in [-0.39, 0.29) is 5.91 Å². The molecule has 0 heterocycles. The standard InChI is InChI=1S/C17H24ClNO3/c1-14-5-6-15(13-16(14)18)7-8-17(20)19(10-12-22-3)9-4-11-21-2/h5-8,13H,4,9-12H2,1-3H3. The third-order valence-electron chi connectivity index (χ3n) is 3.27. The second-order valence-electron chi connectivity index (χ2n) is 5.01. The Labute approximate surface area is 137 Å². The van der Waals surface area contributed by atoms with Gasteiger partial charge in [-0.05, 0) is 36.6 Å². The number of halogens is 1. The molecule has 0 saturated carbocycles. The van der Waals surface area contributed by atoms with Gasteiger partial charge in [0.2, 0.25) is 5.91 Å². The Balaban J connectivity index is 2.66. The molecule has 0 atom stereocenters. The molecule has 0 spiro atoms. The van der Waals surface area contributed by atoms with Crippen molar-refractivity contribution >= 4 is 23.6 Å². The topological polar surface area (TPSA) is 38.8 Å². The van der Waals surface area contributed by atoms with Crippen molar-refractivity contribution in [3.63, 3.8) is 0 Å². The Bertz CT molecular complexity index is 503. The van der Waals surface area contributed by atoms with E-state index in [1.54, 1.807) is 31.3 Å². The van der Waals surface area contributed by atoms with Crippen molar-refractivity contribution in [1.29, 1.82) is 0 Å². The number of amides is 1. The van der Waals surface area contributed by atoms with E-state index in [1.165, 1.54) is 0 Å². The molecule has 5 heteroatoms. The fraction of sp³-hybridized carbons (Fsp3) is 0.471. The Morgan fingerprint density at radius 2 is 1.95 bits per heavy atom. The molecule has 1 amide bonds. The van der Waals surface area contributed by atoms with Gasteiger partial charge in [0.05, 0.1) is 6.61 Å². The minimum absolute atomic E-state index is 0.0372. The molecule has 0 aliphatic rings. The van der Waals surface area contributed by atoms with Gasteiger partial charge in [-0.3, -0.25) is 4.79 Å². The highest BCUT2D eigenvalue weighted by molar-refractivity contribution is 6.31. The van der Waals surface area contributed by atoms with Crippen molar-refractivity contribution in [1.82, 2.24) is 4.90 Å². The minimum atomic E-state index is -0.0372. The second-order valence-corrected chi connectivity index (χ2v) is 5.41. The number of methoxy groups -OCH3 is 2. The van der Waals surface area contributed by atoms with E-state index in [9.17, 15) is 4.79 Å². The second kappa shape index (κ2) is 10.4. The highest BCUT2D eigenvalue weighted by Crippen LogP contribution is 2.17. The van der Waals surface area contributed by atoms with Gasteiger partial charge in [0.15, 0.2) is 0 Å². The maximum Gasteiger partial charge on any atom is 0.246 e. The number of carbonyl (C=O) groups is 1. The van der Waals surface area contributed by atoms with E-state index in [0.717, 1.165) is 17.5 Å². The summed E-state index contributed by atoms with van der Waals surface area (Å²) in [6, 6.07) is 5.73. The van der Waals surface area contributed by atoms with Crippen molar-refractivity contribution in [3.05, 3.63) is 40.4 Å². The molecule has 0 bridgehead atoms. The zero-order valence-corrected chi connectivity index (χ0v) is 14.2. The Hall–Kier alpha value is -1.36. The first-order chi connectivity index (χ1) is 10.6. The SMILES string of the molecule is COCCCN(CCOC)C(=O)C=Cc1ccc(C)c(Cl)c1. The predicted molar refractivity (Wildman–Crippen MR) is 90.2 cm³/mol. The zero-order valence-electron chi connectivity index (χ0n) is 13.5. The van der Waals surface area contributed by atoms with Crippen LogP contribution in [0.3, 0.4) is 0 Å². The zero-order chi connectivity index (χ0) is 16.4. The molecule has 0 aromatic heterocycles. The smallest absolute Gasteiger partial charge is 0.246 e. The van der Waals surface area contributed by atoms with Crippen LogP contribution in [0.1, 0.15) is 17.5 Å². The van der Waals surface area contributed by atoms with E-state index in [2.05, 4.69) is 0 Å². The van der Waals surface area contributed by atoms with Crippen molar-refractivity contribution in [2.45, 2.75) is 13.3 Å². The van der Waals surface area contributed by atoms with Crippen LogP contribution in [-0.4, -0.2) is 51.3 Å². The number of aryl methyl sites for hydroxylation is 1. The van der Waals surface area contributed by atoms with Crippen LogP contribution in [0, 0.1) is 6.92 Å². The fourth-order valence-electron chi connectivity index (χ4n) is 1.92. The molecular weight excluding hydrogens is 302 g/mol. The molecule has 0 unspecified atom stereocenters. The van der Waals surface area contributed by atoms with Gasteiger partial charge in [-0.25, -0.2) is 0 Å². The number of rotatable bonds is 9. The summed E-state index contributed by atoms with van der Waals surface area (Å²) in [6.45, 7) is 4.31. The van der Waals surface area contributed by atoms with Crippen molar-refractivity contribution in [2.24, 2.45) is 0 Å². The summed E-state index contributed by atoms with van der Waals surface area (Å²) in [6.07, 6.45) is 4.16. The summed E-state index contributed by atoms with van der Waals surface area (Å²) >= 11 is 6.09. The largest absolute Gasteiger partial charge is 0.385 e. The normalized spacial score (nSPS) is 11.1. The average molecular weight is 326 g/mol. The molecule has 0 N–H and O–H groups in total. The van der Waals surface area contributed by atoms with Crippen molar-refractivity contribution < 1.29 is 14.3 Å². The van der Waals surface area contributed by atoms with Gasteiger partial charge in [-0.2, -0.15) is 0 Å². The molecule has 1 aromatic rings. The van der Waals surface area contributed by atoms with Gasteiger partial charge >= 0.3 is 0 Å². The van der Waals surface area contributed by atoms with E-state index in [1.807, 2.05) is 25.1 Å². The molecule has 122 valence electrons. The molecule has 1 rings (SSSR count). The summed E-state index contributed by atoms with van der Waals surface area (Å²) in [4.78, 5) is 14.0. The van der Waals surface area contributed by atoms with Crippen LogP contribution in [0.2, 0.25) is 5.02 Å². The number of hydrogen-bond donors (Lipinski definition) is 0. The van der Waals surface area contributed by atoms with Crippen LogP contribution in [0.15, 0.2) is 24.3 Å². The van der Waals surface area contributed by atoms with Gasteiger partial charge in [0.25, 0.3) is 0 Å². The molecule has 1 aromatic carbocycles. The highest BCUT2D eigenvalue weighted by Gasteiger charge is 2.09. The molecule has 0 saturated heterocycles. The van der Waals surface area contributed by atoms with Crippen LogP contribution < -0.4 is 0 Å². The monoisotopic (exact) mass is 325 g/mol. The highest BCUT2D eigenvalue weighted by atomic mass is 35.5. The van der Waals surface area contributed by atoms with Crippen LogP contribution in [-0.2, 0) is 14.3 Å². The van der Waals surface area contributed by atoms with Crippen LogP contribution in [0.4, 0.5) is 0 Å². The summed E-state index contributed by atoms with van der Waals surface area (Å²) in [5.74, 6) is -0.0372. The maximum atomic E-state index is 12.3. The first-order valence-corrected chi connectivity index (χ1v) is 7.67. The molecule has 0 fully saturated rings. The van der Waals surface area contributed by atoms with Crippen molar-refractivity contribution in [3.8, 4) is 0 Å². The Morgan fingerprint density at radius 3 is 2.59 bits per heavy atom. The van der Waals surface area contributed by atoms with E-state index >= 15 is 0 Å². The summed E-state index contributed by atoms with van der Waals surface area (Å²) in [7, 11) is 3.28. The molecule has 0 aliphatic heterocycles. The van der Waals surface area contributed by atoms with Gasteiger partial charge in [0, 0.05) is 45.0 Å². The number of benzene rings is 1. The number of ether oxygens (including phenoxy) is 2. The summed E-state index contributed by atoms with van der Waals surface area (Å²) in [5.41, 5.74) is 1.93. The lowest BCUT2D eigenvalue weighted by Gasteiger charge is -2.20. The number of hydrogen-bond acceptors (Lipinski definition) is 3. The van der Waals surface area contributed by atoms with Crippen LogP contribution in [0.5, 0.6) is 0 Å². The van der Waals surface area contributed by atoms with Gasteiger partial charge in [-0.15, -0.1) is 0 Å². The average Bonchev–Trinajstić information content (AvgIpc) is 2.51. The van der Waals surface area contributed by atoms with Crippen molar-refractivity contribution in [2.75, 3.05) is 40.5 Å². The Kier molecular flexibility index (Phi) is 8.82. The molecule has 4 nitrogen and oxygen atoms in total. The van der Waals surface area contributed by atoms with Gasteiger partial charge in [0.1, 0.15) is 0 Å². The summed E-state index contributed by atoms with van der Waals surface area (Å²) < 4.78 is 10.1. The Morgan fingerprint density at radius 1 is 1.23 bits per heavy atom. The summed E-state index contributed by atoms with van der Waals surface area (Å²) in [5, 5.41) is 0.700. The van der Waals surface area contributed by atoms with E-state index < -0.39 is 0 Å². The molecule has 22 heavy (non-hydrogen) atoms. The van der Waals surface area contributed by atoms with E-state index in [0.29, 0.717) is 31.3 Å². The fourth-order valence-corrected chi connectivity index (χ4v) is 2.11. The number of carbonyl (C=O) groups excluding carboxylic acids is 1. The van der Waals surface area contributed by atoms with Crippen LogP contribution >= 0.6 is 11.6 Å². The van der Waals surface area contributed by atoms with E-state index in [4.69, 9.17) is 21.1 Å². The first-order valence-electron chi connectivity index (χ1n) is 7.29. The third kappa shape index (κ3) is 6.60. The lowest BCUT2D eigenvalue weighted by atomic mass is 10.1. The predicted octanol–water partition coefficient (Wildman–Crippen LogP) is 3.17. The lowest BCUT2D eigenvalue weighted by molar-refractivity contribution is -0.126. The quantitative estimate of drug-likeness (QED) is 0.517. The lowest BCUT2D eigenvalue weighted by Crippen LogP contribution is -2.34. The molecule has 0 aliphatic carbocycles. The molecular formula is C17H24ClNO3. The minimum Gasteiger partial charge on any atom is -0.385 e. The van der Waals surface area contributed by atoms with Gasteiger partial charge < -0.3 is 14.4 Å². The molecule has 0 radical (unpaired) electrons. The first kappa shape index (κ1) is 18.7. The third-order valence-corrected chi connectivity index (χ3v) is 3.67. The van der Waals surface area contributed by atoms with Gasteiger partial charge in [-0.1, -0.05) is 23.7 Å².